The number of methoxy groups -OCH3 is 2. The number of hydrazone groups is 1. The molecular weight excluding hydrogens is 442 g/mol. The molecule has 0 fully saturated rings. The van der Waals surface area contributed by atoms with Crippen LogP contribution in [0, 0.1) is 0 Å². The van der Waals surface area contributed by atoms with Crippen molar-refractivity contribution in [3.05, 3.63) is 89.5 Å². The number of hydrogen-bond acceptors (Lipinski definition) is 6. The zero-order chi connectivity index (χ0) is 23.8. The van der Waals surface area contributed by atoms with Gasteiger partial charge in [0.2, 0.25) is 10.0 Å². The van der Waals surface area contributed by atoms with Crippen molar-refractivity contribution >= 4 is 27.8 Å². The van der Waals surface area contributed by atoms with Crippen molar-refractivity contribution in [2.75, 3.05) is 24.8 Å². The number of para-hydroxylation sites is 2. The zero-order valence-corrected chi connectivity index (χ0v) is 19.4. The van der Waals surface area contributed by atoms with Crippen molar-refractivity contribution in [2.24, 2.45) is 5.10 Å². The molecule has 0 saturated carbocycles. The highest BCUT2D eigenvalue weighted by molar-refractivity contribution is 7.92. The zero-order valence-electron chi connectivity index (χ0n) is 18.6. The fourth-order valence-corrected chi connectivity index (χ4v) is 4.15. The molecule has 0 aliphatic rings. The average molecular weight is 468 g/mol. The second-order valence-electron chi connectivity index (χ2n) is 7.05. The minimum atomic E-state index is -3.67. The van der Waals surface area contributed by atoms with Gasteiger partial charge in [-0.1, -0.05) is 48.5 Å². The first-order valence-corrected chi connectivity index (χ1v) is 11.8. The van der Waals surface area contributed by atoms with Crippen LogP contribution in [0.25, 0.3) is 0 Å². The van der Waals surface area contributed by atoms with Crippen molar-refractivity contribution in [3.8, 4) is 11.5 Å². The summed E-state index contributed by atoms with van der Waals surface area (Å²) in [6.45, 7) is 0.0915. The number of carbonyl (C=O) groups excluding carboxylic acids is 1. The molecule has 172 valence electrons. The summed E-state index contributed by atoms with van der Waals surface area (Å²) in [5, 5.41) is 4.02. The molecule has 8 nitrogen and oxygen atoms in total. The van der Waals surface area contributed by atoms with Crippen molar-refractivity contribution in [1.82, 2.24) is 5.43 Å². The predicted octanol–water partition coefficient (Wildman–Crippen LogP) is 3.43. The smallest absolute Gasteiger partial charge is 0.273 e. The number of amides is 1. The molecule has 0 radical (unpaired) electrons. The fraction of sp³-hybridized carbons (Fsp3) is 0.167. The van der Waals surface area contributed by atoms with Crippen LogP contribution in [0.4, 0.5) is 5.69 Å². The van der Waals surface area contributed by atoms with Gasteiger partial charge in [-0.15, -0.1) is 0 Å². The molecule has 3 aromatic carbocycles. The first-order valence-electron chi connectivity index (χ1n) is 10.00. The fourth-order valence-electron chi connectivity index (χ4n) is 3.25. The summed E-state index contributed by atoms with van der Waals surface area (Å²) in [5.74, 6) is 0.456. The van der Waals surface area contributed by atoms with Crippen molar-refractivity contribution in [1.29, 1.82) is 0 Å². The van der Waals surface area contributed by atoms with Gasteiger partial charge >= 0.3 is 0 Å². The van der Waals surface area contributed by atoms with Crippen LogP contribution in [0.5, 0.6) is 11.5 Å². The Hall–Kier alpha value is -3.85. The number of anilines is 1. The number of rotatable bonds is 9. The SMILES string of the molecule is COc1cccc(/C=N/NC(=O)c2ccccc2N(Cc2ccccc2)S(C)(=O)=O)c1OC. The Bertz CT molecular complexity index is 1240. The molecular formula is C24H25N3O5S. The van der Waals surface area contributed by atoms with E-state index in [0.29, 0.717) is 17.1 Å². The predicted molar refractivity (Wildman–Crippen MR) is 129 cm³/mol. The summed E-state index contributed by atoms with van der Waals surface area (Å²) in [4.78, 5) is 12.9. The molecule has 0 atom stereocenters. The molecule has 0 aliphatic heterocycles. The third-order valence-electron chi connectivity index (χ3n) is 4.79. The minimum absolute atomic E-state index is 0.0915. The average Bonchev–Trinajstić information content (AvgIpc) is 2.82. The number of sulfonamides is 1. The standard InChI is InChI=1S/C24H25N3O5S/c1-31-22-15-9-12-19(23(22)32-2)16-25-26-24(28)20-13-7-8-14-21(20)27(33(3,29)30)17-18-10-5-4-6-11-18/h4-16H,17H2,1-3H3,(H,26,28)/b25-16+. The Kier molecular flexibility index (Phi) is 7.68. The van der Waals surface area contributed by atoms with Gasteiger partial charge in [-0.05, 0) is 29.8 Å². The van der Waals surface area contributed by atoms with Crippen LogP contribution < -0.4 is 19.2 Å². The normalized spacial score (nSPS) is 11.2. The van der Waals surface area contributed by atoms with E-state index in [4.69, 9.17) is 9.47 Å². The molecule has 0 aromatic heterocycles. The van der Waals surface area contributed by atoms with Gasteiger partial charge in [0, 0.05) is 5.56 Å². The molecule has 1 amide bonds. The number of carbonyl (C=O) groups is 1. The first-order chi connectivity index (χ1) is 15.8. The summed E-state index contributed by atoms with van der Waals surface area (Å²) in [7, 11) is -0.629. The van der Waals surface area contributed by atoms with Gasteiger partial charge in [-0.2, -0.15) is 5.10 Å². The van der Waals surface area contributed by atoms with Gasteiger partial charge in [-0.25, -0.2) is 13.8 Å². The second-order valence-corrected chi connectivity index (χ2v) is 8.96. The van der Waals surface area contributed by atoms with Crippen LogP contribution in [0.2, 0.25) is 0 Å². The van der Waals surface area contributed by atoms with E-state index in [9.17, 15) is 13.2 Å². The monoisotopic (exact) mass is 467 g/mol. The van der Waals surface area contributed by atoms with Crippen LogP contribution in [0.1, 0.15) is 21.5 Å². The first kappa shape index (κ1) is 23.8. The van der Waals surface area contributed by atoms with Gasteiger partial charge in [0.25, 0.3) is 5.91 Å². The Balaban J connectivity index is 1.87. The molecule has 9 heteroatoms. The summed E-state index contributed by atoms with van der Waals surface area (Å²) in [5.41, 5.74) is 4.29. The lowest BCUT2D eigenvalue weighted by Gasteiger charge is -2.24. The van der Waals surface area contributed by atoms with E-state index in [-0.39, 0.29) is 17.8 Å². The third kappa shape index (κ3) is 5.89. The minimum Gasteiger partial charge on any atom is -0.493 e. The van der Waals surface area contributed by atoms with Gasteiger partial charge in [0.1, 0.15) is 0 Å². The maximum atomic E-state index is 12.9. The lowest BCUT2D eigenvalue weighted by Crippen LogP contribution is -2.32. The van der Waals surface area contributed by atoms with Crippen LogP contribution in [0.15, 0.2) is 77.9 Å². The molecule has 0 bridgehead atoms. The second kappa shape index (κ2) is 10.6. The van der Waals surface area contributed by atoms with E-state index in [1.165, 1.54) is 24.7 Å². The van der Waals surface area contributed by atoms with Gasteiger partial charge < -0.3 is 9.47 Å². The van der Waals surface area contributed by atoms with E-state index in [0.717, 1.165) is 11.8 Å². The van der Waals surface area contributed by atoms with Crippen molar-refractivity contribution in [2.45, 2.75) is 6.54 Å². The summed E-state index contributed by atoms with van der Waals surface area (Å²) >= 11 is 0. The highest BCUT2D eigenvalue weighted by Crippen LogP contribution is 2.29. The van der Waals surface area contributed by atoms with E-state index in [1.807, 2.05) is 30.3 Å². The largest absolute Gasteiger partial charge is 0.493 e. The molecule has 0 aliphatic carbocycles. The molecule has 0 heterocycles. The van der Waals surface area contributed by atoms with Crippen LogP contribution in [0.3, 0.4) is 0 Å². The maximum Gasteiger partial charge on any atom is 0.273 e. The highest BCUT2D eigenvalue weighted by Gasteiger charge is 2.23. The number of benzene rings is 3. The van der Waals surface area contributed by atoms with Gasteiger partial charge in [0.05, 0.1) is 44.5 Å². The molecule has 3 rings (SSSR count). The summed E-state index contributed by atoms with van der Waals surface area (Å²) < 4.78 is 37.0. The Morgan fingerprint density at radius 2 is 1.67 bits per heavy atom. The van der Waals surface area contributed by atoms with E-state index >= 15 is 0 Å². The molecule has 3 aromatic rings. The lowest BCUT2D eigenvalue weighted by molar-refractivity contribution is 0.0955. The molecule has 1 N–H and O–H groups in total. The summed E-state index contributed by atoms with van der Waals surface area (Å²) in [6, 6.07) is 20.9. The molecule has 0 unspecified atom stereocenters. The third-order valence-corrected chi connectivity index (χ3v) is 5.92. The van der Waals surface area contributed by atoms with E-state index in [1.54, 1.807) is 42.5 Å². The number of nitrogens with zero attached hydrogens (tertiary/aromatic N) is 2. The van der Waals surface area contributed by atoms with Crippen LogP contribution >= 0.6 is 0 Å². The summed E-state index contributed by atoms with van der Waals surface area (Å²) in [6.07, 6.45) is 2.54. The lowest BCUT2D eigenvalue weighted by atomic mass is 10.1. The van der Waals surface area contributed by atoms with Gasteiger partial charge in [0.15, 0.2) is 11.5 Å². The number of ether oxygens (including phenoxy) is 2. The quantitative estimate of drug-likeness (QED) is 0.384. The number of hydrogen-bond donors (Lipinski definition) is 1. The van der Waals surface area contributed by atoms with Crippen molar-refractivity contribution in [3.63, 3.8) is 0 Å². The Labute approximate surface area is 193 Å². The molecule has 33 heavy (non-hydrogen) atoms. The molecule has 0 spiro atoms. The van der Waals surface area contributed by atoms with Gasteiger partial charge in [-0.3, -0.25) is 9.10 Å². The maximum absolute atomic E-state index is 12.9. The highest BCUT2D eigenvalue weighted by atomic mass is 32.2. The topological polar surface area (TPSA) is 97.3 Å². The van der Waals surface area contributed by atoms with E-state index in [2.05, 4.69) is 10.5 Å². The van der Waals surface area contributed by atoms with Crippen molar-refractivity contribution < 1.29 is 22.7 Å². The van der Waals surface area contributed by atoms with E-state index < -0.39 is 15.9 Å². The number of nitrogens with one attached hydrogen (secondary N) is 1. The Morgan fingerprint density at radius 3 is 2.33 bits per heavy atom. The Morgan fingerprint density at radius 1 is 0.970 bits per heavy atom. The van der Waals surface area contributed by atoms with Crippen LogP contribution in [-0.4, -0.2) is 41.0 Å². The van der Waals surface area contributed by atoms with Crippen LogP contribution in [-0.2, 0) is 16.6 Å². The molecule has 0 saturated heterocycles.